The number of carbonyl (C=O) groups is 1. The molecule has 0 fully saturated rings. The van der Waals surface area contributed by atoms with Crippen LogP contribution in [0.4, 0.5) is 4.39 Å². The predicted octanol–water partition coefficient (Wildman–Crippen LogP) is 3.30. The maximum Gasteiger partial charge on any atom is 0.267 e. The minimum absolute atomic E-state index is 0.207. The molecule has 0 saturated heterocycles. The molecule has 0 aliphatic heterocycles. The Kier molecular flexibility index (Phi) is 4.51. The van der Waals surface area contributed by atoms with Gasteiger partial charge in [0.25, 0.3) is 5.91 Å². The summed E-state index contributed by atoms with van der Waals surface area (Å²) >= 11 is 0. The van der Waals surface area contributed by atoms with Crippen LogP contribution in [0, 0.1) is 5.82 Å². The van der Waals surface area contributed by atoms with Crippen LogP contribution in [0.3, 0.4) is 0 Å². The van der Waals surface area contributed by atoms with Gasteiger partial charge in [-0.05, 0) is 42.3 Å². The summed E-state index contributed by atoms with van der Waals surface area (Å²) < 4.78 is 20.7. The standard InChI is InChI=1S/C19H19FN2O2/c1-22-17-5-3-4-16(20)15(17)12-18(22)19(23)21-11-10-13-6-8-14(24-2)9-7-13/h3-9,12H,10-11H2,1-2H3,(H,21,23). The molecule has 0 saturated carbocycles. The van der Waals surface area contributed by atoms with Crippen molar-refractivity contribution in [2.45, 2.75) is 6.42 Å². The van der Waals surface area contributed by atoms with Crippen molar-refractivity contribution >= 4 is 16.8 Å². The second-order valence-corrected chi connectivity index (χ2v) is 5.62. The highest BCUT2D eigenvalue weighted by molar-refractivity contribution is 5.98. The normalized spacial score (nSPS) is 10.8. The highest BCUT2D eigenvalue weighted by Gasteiger charge is 2.14. The molecule has 5 heteroatoms. The second-order valence-electron chi connectivity index (χ2n) is 5.62. The lowest BCUT2D eigenvalue weighted by Gasteiger charge is -2.07. The van der Waals surface area contributed by atoms with Crippen LogP contribution >= 0.6 is 0 Å². The number of halogens is 1. The van der Waals surface area contributed by atoms with Crippen LogP contribution < -0.4 is 10.1 Å². The minimum Gasteiger partial charge on any atom is -0.497 e. The zero-order valence-electron chi connectivity index (χ0n) is 13.7. The molecule has 1 aromatic heterocycles. The van der Waals surface area contributed by atoms with Crippen molar-refractivity contribution in [3.8, 4) is 5.75 Å². The van der Waals surface area contributed by atoms with E-state index in [-0.39, 0.29) is 11.7 Å². The topological polar surface area (TPSA) is 43.3 Å². The Labute approximate surface area is 139 Å². The molecule has 3 rings (SSSR count). The van der Waals surface area contributed by atoms with Crippen molar-refractivity contribution < 1.29 is 13.9 Å². The summed E-state index contributed by atoms with van der Waals surface area (Å²) in [5.74, 6) is 0.280. The number of ether oxygens (including phenoxy) is 1. The molecule has 0 radical (unpaired) electrons. The zero-order valence-corrected chi connectivity index (χ0v) is 13.7. The van der Waals surface area contributed by atoms with Crippen molar-refractivity contribution in [2.24, 2.45) is 7.05 Å². The Morgan fingerprint density at radius 1 is 1.21 bits per heavy atom. The van der Waals surface area contributed by atoms with Gasteiger partial charge in [0.15, 0.2) is 0 Å². The van der Waals surface area contributed by atoms with Crippen molar-refractivity contribution in [1.82, 2.24) is 9.88 Å². The van der Waals surface area contributed by atoms with Gasteiger partial charge in [-0.2, -0.15) is 0 Å². The van der Waals surface area contributed by atoms with E-state index < -0.39 is 0 Å². The molecule has 1 heterocycles. The van der Waals surface area contributed by atoms with Crippen LogP contribution in [0.15, 0.2) is 48.5 Å². The number of nitrogens with zero attached hydrogens (tertiary/aromatic N) is 1. The number of carbonyl (C=O) groups excluding carboxylic acids is 1. The summed E-state index contributed by atoms with van der Waals surface area (Å²) in [6.45, 7) is 0.509. The quantitative estimate of drug-likeness (QED) is 0.782. The van der Waals surface area contributed by atoms with Crippen LogP contribution in [0.1, 0.15) is 16.1 Å². The monoisotopic (exact) mass is 326 g/mol. The Morgan fingerprint density at radius 2 is 1.96 bits per heavy atom. The zero-order chi connectivity index (χ0) is 17.1. The summed E-state index contributed by atoms with van der Waals surface area (Å²) in [4.78, 5) is 12.4. The highest BCUT2D eigenvalue weighted by atomic mass is 19.1. The maximum absolute atomic E-state index is 13.8. The summed E-state index contributed by atoms with van der Waals surface area (Å²) in [7, 11) is 3.39. The molecule has 0 spiro atoms. The molecular weight excluding hydrogens is 307 g/mol. The van der Waals surface area contributed by atoms with Crippen LogP contribution in [-0.4, -0.2) is 24.1 Å². The van der Waals surface area contributed by atoms with Crippen molar-refractivity contribution in [3.05, 3.63) is 65.6 Å². The van der Waals surface area contributed by atoms with E-state index >= 15 is 0 Å². The van der Waals surface area contributed by atoms with Gasteiger partial charge in [-0.15, -0.1) is 0 Å². The average Bonchev–Trinajstić information content (AvgIpc) is 2.94. The fourth-order valence-electron chi connectivity index (χ4n) is 2.75. The van der Waals surface area contributed by atoms with Gasteiger partial charge < -0.3 is 14.6 Å². The number of hydrogen-bond acceptors (Lipinski definition) is 2. The number of hydrogen-bond donors (Lipinski definition) is 1. The fourth-order valence-corrected chi connectivity index (χ4v) is 2.75. The second kappa shape index (κ2) is 6.74. The average molecular weight is 326 g/mol. The Hall–Kier alpha value is -2.82. The summed E-state index contributed by atoms with van der Waals surface area (Å²) in [6.07, 6.45) is 0.716. The Morgan fingerprint density at radius 3 is 2.62 bits per heavy atom. The first kappa shape index (κ1) is 16.1. The van der Waals surface area contributed by atoms with Crippen LogP contribution in [0.5, 0.6) is 5.75 Å². The first-order valence-electron chi connectivity index (χ1n) is 7.75. The lowest BCUT2D eigenvalue weighted by Crippen LogP contribution is -2.27. The van der Waals surface area contributed by atoms with Crippen LogP contribution in [0.2, 0.25) is 0 Å². The first-order valence-corrected chi connectivity index (χ1v) is 7.75. The van der Waals surface area contributed by atoms with Crippen molar-refractivity contribution in [3.63, 3.8) is 0 Å². The number of fused-ring (bicyclic) bond motifs is 1. The predicted molar refractivity (Wildman–Crippen MR) is 91.9 cm³/mol. The third kappa shape index (κ3) is 3.11. The smallest absolute Gasteiger partial charge is 0.267 e. The van der Waals surface area contributed by atoms with Crippen LogP contribution in [0.25, 0.3) is 10.9 Å². The molecule has 1 amide bonds. The van der Waals surface area contributed by atoms with Gasteiger partial charge in [-0.1, -0.05) is 18.2 Å². The van der Waals surface area contributed by atoms with E-state index in [0.717, 1.165) is 11.3 Å². The van der Waals surface area contributed by atoms with E-state index in [2.05, 4.69) is 5.32 Å². The highest BCUT2D eigenvalue weighted by Crippen LogP contribution is 2.21. The molecule has 0 aliphatic rings. The number of aryl methyl sites for hydroxylation is 1. The Bertz CT molecular complexity index is 869. The van der Waals surface area contributed by atoms with E-state index in [4.69, 9.17) is 4.74 Å². The number of rotatable bonds is 5. The lowest BCUT2D eigenvalue weighted by molar-refractivity contribution is 0.0946. The number of aromatic nitrogens is 1. The largest absolute Gasteiger partial charge is 0.497 e. The molecular formula is C19H19FN2O2. The molecule has 124 valence electrons. The minimum atomic E-state index is -0.319. The van der Waals surface area contributed by atoms with E-state index in [9.17, 15) is 9.18 Å². The van der Waals surface area contributed by atoms with Gasteiger partial charge >= 0.3 is 0 Å². The summed E-state index contributed by atoms with van der Waals surface area (Å²) in [6, 6.07) is 14.2. The SMILES string of the molecule is COc1ccc(CCNC(=O)c2cc3c(F)cccc3n2C)cc1. The van der Waals surface area contributed by atoms with Gasteiger partial charge in [0.05, 0.1) is 12.6 Å². The lowest BCUT2D eigenvalue weighted by atomic mass is 10.1. The van der Waals surface area contributed by atoms with E-state index in [1.54, 1.807) is 36.9 Å². The molecule has 0 aliphatic carbocycles. The van der Waals surface area contributed by atoms with Gasteiger partial charge in [0.2, 0.25) is 0 Å². The van der Waals surface area contributed by atoms with Gasteiger partial charge in [0.1, 0.15) is 17.3 Å². The molecule has 0 unspecified atom stereocenters. The van der Waals surface area contributed by atoms with Gasteiger partial charge in [0, 0.05) is 19.0 Å². The van der Waals surface area contributed by atoms with E-state index in [1.807, 2.05) is 24.3 Å². The van der Waals surface area contributed by atoms with Gasteiger partial charge in [-0.3, -0.25) is 4.79 Å². The molecule has 2 aromatic carbocycles. The molecule has 0 atom stereocenters. The maximum atomic E-state index is 13.8. The number of methoxy groups -OCH3 is 1. The molecule has 0 bridgehead atoms. The van der Waals surface area contributed by atoms with E-state index in [0.29, 0.717) is 29.6 Å². The Balaban J connectivity index is 1.66. The van der Waals surface area contributed by atoms with Crippen molar-refractivity contribution in [1.29, 1.82) is 0 Å². The molecule has 3 aromatic rings. The number of nitrogens with one attached hydrogen (secondary N) is 1. The number of amides is 1. The number of benzene rings is 2. The van der Waals surface area contributed by atoms with E-state index in [1.165, 1.54) is 6.07 Å². The molecule has 24 heavy (non-hydrogen) atoms. The third-order valence-electron chi connectivity index (χ3n) is 4.12. The van der Waals surface area contributed by atoms with Crippen LogP contribution in [-0.2, 0) is 13.5 Å². The van der Waals surface area contributed by atoms with Crippen molar-refractivity contribution in [2.75, 3.05) is 13.7 Å². The first-order chi connectivity index (χ1) is 11.6. The fraction of sp³-hybridized carbons (Fsp3) is 0.211. The molecule has 4 nitrogen and oxygen atoms in total. The van der Waals surface area contributed by atoms with Gasteiger partial charge in [-0.25, -0.2) is 4.39 Å². The molecule has 1 N–H and O–H groups in total. The summed E-state index contributed by atoms with van der Waals surface area (Å²) in [5, 5.41) is 3.34. The summed E-state index contributed by atoms with van der Waals surface area (Å²) in [5.41, 5.74) is 2.26. The third-order valence-corrected chi connectivity index (χ3v) is 4.12.